The highest BCUT2D eigenvalue weighted by Gasteiger charge is 2.20. The molecule has 0 spiro atoms. The van der Waals surface area contributed by atoms with Crippen LogP contribution in [0.4, 0.5) is 0 Å². The van der Waals surface area contributed by atoms with Crippen molar-refractivity contribution in [2.75, 3.05) is 6.26 Å². The summed E-state index contributed by atoms with van der Waals surface area (Å²) in [5.74, 6) is -1.43. The van der Waals surface area contributed by atoms with Crippen LogP contribution in [0.2, 0.25) is 0 Å². The van der Waals surface area contributed by atoms with E-state index in [1.807, 2.05) is 0 Å². The maximum Gasteiger partial charge on any atom is 0.335 e. The molecule has 0 aliphatic heterocycles. The number of aliphatic carboxylic acids is 1. The van der Waals surface area contributed by atoms with Crippen molar-refractivity contribution in [3.63, 3.8) is 0 Å². The van der Waals surface area contributed by atoms with E-state index in [-0.39, 0.29) is 0 Å². The van der Waals surface area contributed by atoms with Gasteiger partial charge in [-0.2, -0.15) is 0 Å². The van der Waals surface area contributed by atoms with Gasteiger partial charge in [-0.25, -0.2) is 4.79 Å². The molecule has 0 heterocycles. The molecule has 0 rings (SSSR count). The number of hydrogen-bond donors (Lipinski definition) is 3. The highest BCUT2D eigenvalue weighted by molar-refractivity contribution is 8.01. The predicted molar refractivity (Wildman–Crippen MR) is 42.3 cm³/mol. The zero-order valence-electron chi connectivity index (χ0n) is 5.97. The van der Waals surface area contributed by atoms with Crippen LogP contribution in [0.3, 0.4) is 0 Å². The summed E-state index contributed by atoms with van der Waals surface area (Å²) in [7, 11) is 0. The van der Waals surface area contributed by atoms with Gasteiger partial charge in [0.2, 0.25) is 0 Å². The summed E-state index contributed by atoms with van der Waals surface area (Å²) in [6, 6.07) is 0. The van der Waals surface area contributed by atoms with Gasteiger partial charge in [-0.1, -0.05) is 0 Å². The van der Waals surface area contributed by atoms with Gasteiger partial charge >= 0.3 is 5.97 Å². The van der Waals surface area contributed by atoms with E-state index in [0.717, 1.165) is 0 Å². The van der Waals surface area contributed by atoms with Crippen LogP contribution in [-0.2, 0) is 4.79 Å². The van der Waals surface area contributed by atoms with E-state index in [1.165, 1.54) is 23.2 Å². The van der Waals surface area contributed by atoms with Crippen molar-refractivity contribution < 1.29 is 20.1 Å². The largest absolute Gasteiger partial charge is 0.479 e. The lowest BCUT2D eigenvalue weighted by Gasteiger charge is -2.08. The normalized spacial score (nSPS) is 16.6. The molecule has 0 aliphatic rings. The zero-order valence-corrected chi connectivity index (χ0v) is 6.78. The monoisotopic (exact) mass is 178 g/mol. The summed E-state index contributed by atoms with van der Waals surface area (Å²) >= 11 is 1.31. The molecule has 0 aromatic heterocycles. The lowest BCUT2D eigenvalue weighted by Crippen LogP contribution is -2.31. The molecule has 0 aliphatic carbocycles. The Bertz CT molecular complexity index is 157. The summed E-state index contributed by atoms with van der Waals surface area (Å²) in [5, 5.41) is 27.3. The highest BCUT2D eigenvalue weighted by Crippen LogP contribution is 2.00. The number of hydrogen-bond acceptors (Lipinski definition) is 4. The number of carbonyl (C=O) groups is 1. The molecule has 5 heteroatoms. The molecule has 0 amide bonds. The van der Waals surface area contributed by atoms with Gasteiger partial charge in [0.1, 0.15) is 6.10 Å². The molecule has 2 atom stereocenters. The first-order valence-electron chi connectivity index (χ1n) is 2.88. The Kier molecular flexibility index (Phi) is 4.93. The molecule has 0 aromatic carbocycles. The van der Waals surface area contributed by atoms with Gasteiger partial charge in [0, 0.05) is 0 Å². The Morgan fingerprint density at radius 1 is 1.55 bits per heavy atom. The molecular formula is C6H10O4S. The standard InChI is InChI=1S/C6H10O4S/c1-11-3-2-4(7)5(8)6(9)10/h2-5,7-8H,1H3,(H,9,10). The fraction of sp³-hybridized carbons (Fsp3) is 0.500. The second kappa shape index (κ2) is 5.17. The summed E-state index contributed by atoms with van der Waals surface area (Å²) < 4.78 is 0. The minimum absolute atomic E-state index is 1.23. The number of aliphatic hydroxyl groups is 2. The molecule has 2 unspecified atom stereocenters. The average molecular weight is 178 g/mol. The topological polar surface area (TPSA) is 77.8 Å². The molecule has 0 fully saturated rings. The maximum atomic E-state index is 10.1. The second-order valence-electron chi connectivity index (χ2n) is 1.84. The SMILES string of the molecule is CSC=CC(O)C(O)C(=O)O. The number of carboxylic acids is 1. The molecule has 0 aromatic rings. The summed E-state index contributed by atoms with van der Waals surface area (Å²) in [6.07, 6.45) is -0.0850. The number of rotatable bonds is 4. The Morgan fingerprint density at radius 2 is 2.09 bits per heavy atom. The molecule has 0 saturated carbocycles. The van der Waals surface area contributed by atoms with E-state index in [1.54, 1.807) is 6.26 Å². The van der Waals surface area contributed by atoms with Gasteiger partial charge in [0.05, 0.1) is 0 Å². The number of aliphatic hydroxyl groups excluding tert-OH is 2. The average Bonchev–Trinajstić information content (AvgIpc) is 1.98. The van der Waals surface area contributed by atoms with Crippen molar-refractivity contribution in [2.24, 2.45) is 0 Å². The number of carboxylic acid groups (broad SMARTS) is 1. The van der Waals surface area contributed by atoms with Gasteiger partial charge in [-0.15, -0.1) is 11.8 Å². The fourth-order valence-electron chi connectivity index (χ4n) is 0.410. The van der Waals surface area contributed by atoms with Crippen LogP contribution in [0.1, 0.15) is 0 Å². The lowest BCUT2D eigenvalue weighted by atomic mass is 10.2. The Labute approximate surface area is 68.5 Å². The maximum absolute atomic E-state index is 10.1. The first kappa shape index (κ1) is 10.5. The summed E-state index contributed by atoms with van der Waals surface area (Å²) in [4.78, 5) is 10.1. The van der Waals surface area contributed by atoms with Gasteiger partial charge in [-0.05, 0) is 17.7 Å². The van der Waals surface area contributed by atoms with Crippen LogP contribution in [0, 0.1) is 0 Å². The first-order chi connectivity index (χ1) is 5.09. The molecule has 4 nitrogen and oxygen atoms in total. The van der Waals surface area contributed by atoms with Gasteiger partial charge in [-0.3, -0.25) is 0 Å². The highest BCUT2D eigenvalue weighted by atomic mass is 32.2. The van der Waals surface area contributed by atoms with Crippen molar-refractivity contribution in [1.29, 1.82) is 0 Å². The van der Waals surface area contributed by atoms with E-state index in [9.17, 15) is 4.79 Å². The van der Waals surface area contributed by atoms with Gasteiger partial charge in [0.25, 0.3) is 0 Å². The quantitative estimate of drug-likeness (QED) is 0.549. The van der Waals surface area contributed by atoms with Crippen molar-refractivity contribution in [2.45, 2.75) is 12.2 Å². The molecular weight excluding hydrogens is 168 g/mol. The Balaban J connectivity index is 3.91. The van der Waals surface area contributed by atoms with E-state index in [2.05, 4.69) is 0 Å². The molecule has 64 valence electrons. The smallest absolute Gasteiger partial charge is 0.335 e. The minimum atomic E-state index is -1.74. The van der Waals surface area contributed by atoms with Crippen LogP contribution in [0.25, 0.3) is 0 Å². The van der Waals surface area contributed by atoms with Gasteiger partial charge in [0.15, 0.2) is 6.10 Å². The third-order valence-corrected chi connectivity index (χ3v) is 1.42. The molecule has 3 N–H and O–H groups in total. The van der Waals surface area contributed by atoms with E-state index < -0.39 is 18.2 Å². The Hall–Kier alpha value is -0.520. The van der Waals surface area contributed by atoms with Crippen molar-refractivity contribution in [1.82, 2.24) is 0 Å². The zero-order chi connectivity index (χ0) is 8.85. The van der Waals surface area contributed by atoms with Crippen molar-refractivity contribution in [3.8, 4) is 0 Å². The third-order valence-electron chi connectivity index (χ3n) is 0.988. The lowest BCUT2D eigenvalue weighted by molar-refractivity contribution is -0.150. The fourth-order valence-corrected chi connectivity index (χ4v) is 0.729. The molecule has 0 bridgehead atoms. The van der Waals surface area contributed by atoms with Crippen molar-refractivity contribution in [3.05, 3.63) is 11.5 Å². The molecule has 0 radical (unpaired) electrons. The number of thioether (sulfide) groups is 1. The summed E-state index contributed by atoms with van der Waals surface area (Å²) in [5.41, 5.74) is 0. The molecule has 11 heavy (non-hydrogen) atoms. The third kappa shape index (κ3) is 4.02. The Morgan fingerprint density at radius 3 is 2.45 bits per heavy atom. The predicted octanol–water partition coefficient (Wildman–Crippen LogP) is -0.331. The van der Waals surface area contributed by atoms with Gasteiger partial charge < -0.3 is 15.3 Å². The van der Waals surface area contributed by atoms with E-state index in [0.29, 0.717) is 0 Å². The van der Waals surface area contributed by atoms with Crippen LogP contribution < -0.4 is 0 Å². The van der Waals surface area contributed by atoms with E-state index >= 15 is 0 Å². The van der Waals surface area contributed by atoms with Crippen LogP contribution in [-0.4, -0.2) is 39.8 Å². The first-order valence-corrected chi connectivity index (χ1v) is 4.16. The van der Waals surface area contributed by atoms with Crippen LogP contribution >= 0.6 is 11.8 Å². The van der Waals surface area contributed by atoms with Crippen molar-refractivity contribution >= 4 is 17.7 Å². The minimum Gasteiger partial charge on any atom is -0.479 e. The second-order valence-corrected chi connectivity index (χ2v) is 2.58. The van der Waals surface area contributed by atoms with E-state index in [4.69, 9.17) is 15.3 Å². The van der Waals surface area contributed by atoms with Crippen LogP contribution in [0.5, 0.6) is 0 Å². The summed E-state index contributed by atoms with van der Waals surface area (Å²) in [6.45, 7) is 0. The van der Waals surface area contributed by atoms with Crippen LogP contribution in [0.15, 0.2) is 11.5 Å². The molecule has 0 saturated heterocycles.